The van der Waals surface area contributed by atoms with Crippen LogP contribution in [-0.4, -0.2) is 42.5 Å². The second-order valence-electron chi connectivity index (χ2n) is 3.75. The van der Waals surface area contributed by atoms with E-state index < -0.39 is 6.29 Å². The van der Waals surface area contributed by atoms with E-state index in [0.29, 0.717) is 11.4 Å². The molecule has 0 aliphatic rings. The first-order chi connectivity index (χ1) is 8.10. The van der Waals surface area contributed by atoms with Crippen molar-refractivity contribution < 1.29 is 14.3 Å². The molecule has 1 N–H and O–H groups in total. The van der Waals surface area contributed by atoms with Gasteiger partial charge in [0, 0.05) is 14.2 Å². The Morgan fingerprint density at radius 3 is 2.59 bits per heavy atom. The molecular formula is C10H17N3O3S. The maximum Gasteiger partial charge on any atom is 0.265 e. The van der Waals surface area contributed by atoms with Crippen LogP contribution in [0.15, 0.2) is 0 Å². The Morgan fingerprint density at radius 1 is 1.41 bits per heavy atom. The van der Waals surface area contributed by atoms with Gasteiger partial charge < -0.3 is 14.8 Å². The molecule has 0 aliphatic carbocycles. The zero-order chi connectivity index (χ0) is 12.8. The fourth-order valence-corrected chi connectivity index (χ4v) is 1.99. The van der Waals surface area contributed by atoms with Crippen molar-refractivity contribution in [3.05, 3.63) is 10.6 Å². The van der Waals surface area contributed by atoms with Crippen molar-refractivity contribution in [1.82, 2.24) is 14.9 Å². The largest absolute Gasteiger partial charge is 0.354 e. The van der Waals surface area contributed by atoms with E-state index in [0.717, 1.165) is 17.2 Å². The molecule has 0 saturated heterocycles. The maximum atomic E-state index is 11.9. The first kappa shape index (κ1) is 14.0. The van der Waals surface area contributed by atoms with Crippen molar-refractivity contribution in [2.45, 2.75) is 26.1 Å². The van der Waals surface area contributed by atoms with Crippen LogP contribution in [0.25, 0.3) is 0 Å². The van der Waals surface area contributed by atoms with E-state index in [-0.39, 0.29) is 11.8 Å². The predicted molar refractivity (Wildman–Crippen MR) is 64.1 cm³/mol. The Labute approximate surface area is 104 Å². The summed E-state index contributed by atoms with van der Waals surface area (Å²) < 4.78 is 13.8. The summed E-state index contributed by atoms with van der Waals surface area (Å²) in [5.74, 6) is -0.0158. The number of carbonyl (C=O) groups excluding carboxylic acids is 1. The first-order valence-electron chi connectivity index (χ1n) is 5.26. The van der Waals surface area contributed by atoms with Gasteiger partial charge in [-0.2, -0.15) is 0 Å². The minimum atomic E-state index is -0.442. The van der Waals surface area contributed by atoms with Crippen LogP contribution >= 0.6 is 11.5 Å². The lowest BCUT2D eigenvalue weighted by atomic mass is 10.1. The zero-order valence-corrected chi connectivity index (χ0v) is 11.2. The van der Waals surface area contributed by atoms with Crippen molar-refractivity contribution in [3.63, 3.8) is 0 Å². The minimum absolute atomic E-state index is 0.176. The predicted octanol–water partition coefficient (Wildman–Crippen LogP) is 1.01. The average Bonchev–Trinajstić information content (AvgIpc) is 2.79. The molecule has 0 fully saturated rings. The summed E-state index contributed by atoms with van der Waals surface area (Å²) >= 11 is 1.10. The number of methoxy groups -OCH3 is 2. The fraction of sp³-hybridized carbons (Fsp3) is 0.700. The Morgan fingerprint density at radius 2 is 2.06 bits per heavy atom. The second-order valence-corrected chi connectivity index (χ2v) is 4.51. The number of hydrogen-bond donors (Lipinski definition) is 1. The lowest BCUT2D eigenvalue weighted by Crippen LogP contribution is -2.34. The van der Waals surface area contributed by atoms with Crippen LogP contribution in [0.5, 0.6) is 0 Å². The number of nitrogens with one attached hydrogen (secondary N) is 1. The highest BCUT2D eigenvalue weighted by molar-refractivity contribution is 7.08. The molecule has 1 rings (SSSR count). The van der Waals surface area contributed by atoms with E-state index in [1.165, 1.54) is 14.2 Å². The van der Waals surface area contributed by atoms with Gasteiger partial charge in [0.25, 0.3) is 5.91 Å². The van der Waals surface area contributed by atoms with E-state index in [4.69, 9.17) is 9.47 Å². The van der Waals surface area contributed by atoms with Gasteiger partial charge >= 0.3 is 0 Å². The van der Waals surface area contributed by atoms with E-state index in [9.17, 15) is 4.79 Å². The molecule has 17 heavy (non-hydrogen) atoms. The van der Waals surface area contributed by atoms with Crippen molar-refractivity contribution >= 4 is 17.4 Å². The summed E-state index contributed by atoms with van der Waals surface area (Å²) in [6.45, 7) is 4.24. The Kier molecular flexibility index (Phi) is 5.46. The molecular weight excluding hydrogens is 242 g/mol. The quantitative estimate of drug-likeness (QED) is 0.772. The molecule has 1 aromatic rings. The Balaban J connectivity index is 2.61. The van der Waals surface area contributed by atoms with Crippen molar-refractivity contribution in [3.8, 4) is 0 Å². The molecule has 0 spiro atoms. The topological polar surface area (TPSA) is 73.3 Å². The zero-order valence-electron chi connectivity index (χ0n) is 10.4. The summed E-state index contributed by atoms with van der Waals surface area (Å²) in [4.78, 5) is 12.4. The van der Waals surface area contributed by atoms with Crippen LogP contribution in [0.4, 0.5) is 0 Å². The summed E-state index contributed by atoms with van der Waals surface area (Å²) in [5.41, 5.74) is 0.721. The van der Waals surface area contributed by atoms with Gasteiger partial charge in [-0.25, -0.2) is 0 Å². The minimum Gasteiger partial charge on any atom is -0.354 e. The third-order valence-electron chi connectivity index (χ3n) is 2.22. The molecule has 0 saturated carbocycles. The summed E-state index contributed by atoms with van der Waals surface area (Å²) in [5, 5.41) is 6.67. The molecule has 1 aromatic heterocycles. The van der Waals surface area contributed by atoms with Gasteiger partial charge in [0.1, 0.15) is 4.88 Å². The summed E-state index contributed by atoms with van der Waals surface area (Å²) in [6, 6.07) is 0. The van der Waals surface area contributed by atoms with Gasteiger partial charge in [0.2, 0.25) is 0 Å². The molecule has 96 valence electrons. The molecule has 0 aromatic carbocycles. The second kappa shape index (κ2) is 6.63. The maximum absolute atomic E-state index is 11.9. The van der Waals surface area contributed by atoms with Crippen molar-refractivity contribution in [2.75, 3.05) is 20.8 Å². The molecule has 1 amide bonds. The fourth-order valence-electron chi connectivity index (χ4n) is 1.25. The highest BCUT2D eigenvalue weighted by Crippen LogP contribution is 2.19. The lowest BCUT2D eigenvalue weighted by molar-refractivity contribution is -0.0974. The normalized spacial score (nSPS) is 11.2. The number of amides is 1. The SMILES string of the molecule is COC(CNC(=O)c1snnc1C(C)C)OC. The lowest BCUT2D eigenvalue weighted by Gasteiger charge is -2.13. The number of ether oxygens (including phenoxy) is 2. The molecule has 1 heterocycles. The standard InChI is InChI=1S/C10H17N3O3S/c1-6(2)8-9(17-13-12-8)10(14)11-5-7(15-3)16-4/h6-7H,5H2,1-4H3,(H,11,14). The van der Waals surface area contributed by atoms with Crippen LogP contribution in [0.1, 0.15) is 35.1 Å². The molecule has 7 heteroatoms. The van der Waals surface area contributed by atoms with Gasteiger partial charge in [-0.05, 0) is 17.5 Å². The molecule has 0 bridgehead atoms. The average molecular weight is 259 g/mol. The summed E-state index contributed by atoms with van der Waals surface area (Å²) in [7, 11) is 3.04. The van der Waals surface area contributed by atoms with Crippen LogP contribution in [0.3, 0.4) is 0 Å². The van der Waals surface area contributed by atoms with Crippen molar-refractivity contribution in [1.29, 1.82) is 0 Å². The first-order valence-corrected chi connectivity index (χ1v) is 6.03. The van der Waals surface area contributed by atoms with Crippen LogP contribution in [-0.2, 0) is 9.47 Å². The smallest absolute Gasteiger partial charge is 0.265 e. The molecule has 0 radical (unpaired) electrons. The van der Waals surface area contributed by atoms with Crippen LogP contribution in [0, 0.1) is 0 Å². The molecule has 0 aliphatic heterocycles. The highest BCUT2D eigenvalue weighted by Gasteiger charge is 2.19. The third kappa shape index (κ3) is 3.72. The third-order valence-corrected chi connectivity index (χ3v) is 2.96. The van der Waals surface area contributed by atoms with Gasteiger partial charge in [0.15, 0.2) is 6.29 Å². The Hall–Kier alpha value is -1.05. The number of carbonyl (C=O) groups is 1. The number of hydrogen-bond acceptors (Lipinski definition) is 6. The van der Waals surface area contributed by atoms with Gasteiger partial charge in [0.05, 0.1) is 12.2 Å². The number of aromatic nitrogens is 2. The Bertz CT molecular complexity index is 363. The highest BCUT2D eigenvalue weighted by atomic mass is 32.1. The van der Waals surface area contributed by atoms with Gasteiger partial charge in [-0.3, -0.25) is 4.79 Å². The molecule has 0 atom stereocenters. The van der Waals surface area contributed by atoms with E-state index in [2.05, 4.69) is 14.9 Å². The number of rotatable bonds is 6. The molecule has 0 unspecified atom stereocenters. The summed E-state index contributed by atoms with van der Waals surface area (Å²) in [6.07, 6.45) is -0.442. The van der Waals surface area contributed by atoms with Crippen LogP contribution < -0.4 is 5.32 Å². The number of nitrogens with zero attached hydrogens (tertiary/aromatic N) is 2. The monoisotopic (exact) mass is 259 g/mol. The van der Waals surface area contributed by atoms with Gasteiger partial charge in [-0.15, -0.1) is 5.10 Å². The van der Waals surface area contributed by atoms with E-state index in [1.54, 1.807) is 0 Å². The van der Waals surface area contributed by atoms with E-state index >= 15 is 0 Å². The van der Waals surface area contributed by atoms with E-state index in [1.807, 2.05) is 13.8 Å². The van der Waals surface area contributed by atoms with Crippen molar-refractivity contribution in [2.24, 2.45) is 0 Å². The molecule has 6 nitrogen and oxygen atoms in total. The van der Waals surface area contributed by atoms with Crippen LogP contribution in [0.2, 0.25) is 0 Å². The van der Waals surface area contributed by atoms with Gasteiger partial charge in [-0.1, -0.05) is 18.3 Å².